The van der Waals surface area contributed by atoms with Crippen molar-refractivity contribution in [2.75, 3.05) is 32.3 Å². The average molecular weight is 398 g/mol. The van der Waals surface area contributed by atoms with Gasteiger partial charge < -0.3 is 19.1 Å². The van der Waals surface area contributed by atoms with Gasteiger partial charge >= 0.3 is 0 Å². The fraction of sp³-hybridized carbons (Fsp3) is 0.444. The van der Waals surface area contributed by atoms with Crippen molar-refractivity contribution in [1.29, 1.82) is 0 Å². The molecule has 140 valence electrons. The van der Waals surface area contributed by atoms with Gasteiger partial charge in [0.1, 0.15) is 18.2 Å². The molecular formula is C18H21Cl2N3O3. The van der Waals surface area contributed by atoms with Crippen LogP contribution in [0.5, 0.6) is 5.88 Å². The van der Waals surface area contributed by atoms with Crippen LogP contribution < -0.4 is 9.64 Å². The van der Waals surface area contributed by atoms with Crippen molar-refractivity contribution < 1.29 is 14.2 Å². The number of hydrogen-bond donors (Lipinski definition) is 0. The van der Waals surface area contributed by atoms with Gasteiger partial charge in [-0.25, -0.2) is 4.98 Å². The second-order valence-corrected chi connectivity index (χ2v) is 7.09. The second kappa shape index (κ2) is 7.56. The zero-order chi connectivity index (χ0) is 18.9. The third-order valence-electron chi connectivity index (χ3n) is 4.25. The summed E-state index contributed by atoms with van der Waals surface area (Å²) in [4.78, 5) is 11.1. The minimum atomic E-state index is -0.936. The molecule has 1 aromatic heterocycles. The summed E-state index contributed by atoms with van der Waals surface area (Å²) in [5.41, 5.74) is 1.77. The number of halogens is 2. The first kappa shape index (κ1) is 19.2. The molecule has 1 unspecified atom stereocenters. The van der Waals surface area contributed by atoms with E-state index in [1.807, 2.05) is 26.0 Å². The van der Waals surface area contributed by atoms with Crippen LogP contribution in [-0.2, 0) is 15.9 Å². The number of benzene rings is 1. The first-order valence-corrected chi connectivity index (χ1v) is 8.95. The summed E-state index contributed by atoms with van der Waals surface area (Å²) in [5.74, 6) is 0.954. The highest BCUT2D eigenvalue weighted by molar-refractivity contribution is 6.36. The summed E-state index contributed by atoms with van der Waals surface area (Å²) in [6.45, 7) is 4.63. The Kier molecular flexibility index (Phi) is 5.58. The fourth-order valence-electron chi connectivity index (χ4n) is 2.94. The van der Waals surface area contributed by atoms with Gasteiger partial charge in [0.2, 0.25) is 11.7 Å². The Labute approximate surface area is 163 Å². The summed E-state index contributed by atoms with van der Waals surface area (Å²) in [6, 6.07) is 5.43. The number of nitrogens with zero attached hydrogens (tertiary/aromatic N) is 3. The van der Waals surface area contributed by atoms with Crippen LogP contribution in [0.25, 0.3) is 0 Å². The van der Waals surface area contributed by atoms with Crippen molar-refractivity contribution >= 4 is 34.7 Å². The lowest BCUT2D eigenvalue weighted by molar-refractivity contribution is -0.182. The molecule has 0 bridgehead atoms. The molecule has 0 fully saturated rings. The van der Waals surface area contributed by atoms with Gasteiger partial charge in [0.05, 0.1) is 16.3 Å². The molecule has 0 aliphatic carbocycles. The van der Waals surface area contributed by atoms with Crippen molar-refractivity contribution in [2.24, 2.45) is 0 Å². The second-order valence-electron chi connectivity index (χ2n) is 6.25. The minimum Gasteiger partial charge on any atom is -0.443 e. The first-order chi connectivity index (χ1) is 12.4. The highest BCUT2D eigenvalue weighted by Crippen LogP contribution is 2.41. The maximum atomic E-state index is 6.39. The van der Waals surface area contributed by atoms with Crippen LogP contribution in [-0.4, -0.2) is 43.1 Å². The molecule has 1 aromatic carbocycles. The molecule has 0 amide bonds. The van der Waals surface area contributed by atoms with Crippen molar-refractivity contribution in [1.82, 2.24) is 9.97 Å². The van der Waals surface area contributed by atoms with E-state index in [9.17, 15) is 0 Å². The Morgan fingerprint density at radius 1 is 1.23 bits per heavy atom. The normalized spacial score (nSPS) is 15.7. The Morgan fingerprint density at radius 3 is 2.65 bits per heavy atom. The summed E-state index contributed by atoms with van der Waals surface area (Å²) in [5, 5.41) is 1.17. The molecule has 8 heteroatoms. The van der Waals surface area contributed by atoms with Gasteiger partial charge in [-0.15, -0.1) is 0 Å². The number of ether oxygens (including phenoxy) is 3. The largest absolute Gasteiger partial charge is 0.443 e. The molecule has 26 heavy (non-hydrogen) atoms. The molecule has 0 spiro atoms. The number of rotatable bonds is 6. The van der Waals surface area contributed by atoms with Gasteiger partial charge in [-0.3, -0.25) is 0 Å². The number of methoxy groups -OCH3 is 2. The number of anilines is 2. The zero-order valence-corrected chi connectivity index (χ0v) is 16.7. The number of aryl methyl sites for hydroxylation is 1. The Bertz CT molecular complexity index is 819. The molecule has 3 rings (SSSR count). The predicted octanol–water partition coefficient (Wildman–Crippen LogP) is 4.17. The van der Waals surface area contributed by atoms with Crippen molar-refractivity contribution in [3.8, 4) is 5.88 Å². The van der Waals surface area contributed by atoms with Crippen LogP contribution in [0.1, 0.15) is 18.3 Å². The van der Waals surface area contributed by atoms with E-state index in [-0.39, 0.29) is 6.61 Å². The summed E-state index contributed by atoms with van der Waals surface area (Å²) in [6.07, 6.45) is 0.733. The zero-order valence-electron chi connectivity index (χ0n) is 15.2. The van der Waals surface area contributed by atoms with Gasteiger partial charge in [0.25, 0.3) is 0 Å². The molecule has 6 nitrogen and oxygen atoms in total. The van der Waals surface area contributed by atoms with Gasteiger partial charge in [-0.1, -0.05) is 23.2 Å². The van der Waals surface area contributed by atoms with E-state index in [1.54, 1.807) is 20.3 Å². The van der Waals surface area contributed by atoms with E-state index in [2.05, 4.69) is 14.9 Å². The Balaban J connectivity index is 2.00. The van der Waals surface area contributed by atoms with E-state index >= 15 is 0 Å². The lowest BCUT2D eigenvalue weighted by atomic mass is 10.2. The van der Waals surface area contributed by atoms with Crippen LogP contribution in [0.4, 0.5) is 11.5 Å². The van der Waals surface area contributed by atoms with Gasteiger partial charge in [0, 0.05) is 32.7 Å². The minimum absolute atomic E-state index is 0.272. The van der Waals surface area contributed by atoms with Crippen LogP contribution in [0.15, 0.2) is 18.2 Å². The quantitative estimate of drug-likeness (QED) is 0.681. The number of hydrogen-bond acceptors (Lipinski definition) is 6. The molecule has 2 heterocycles. The van der Waals surface area contributed by atoms with Crippen LogP contribution in [0.3, 0.4) is 0 Å². The molecule has 0 N–H and O–H groups in total. The predicted molar refractivity (Wildman–Crippen MR) is 102 cm³/mol. The maximum absolute atomic E-state index is 6.39. The summed E-state index contributed by atoms with van der Waals surface area (Å²) >= 11 is 12.4. The molecule has 0 saturated heterocycles. The summed E-state index contributed by atoms with van der Waals surface area (Å²) < 4.78 is 16.7. The first-order valence-electron chi connectivity index (χ1n) is 8.20. The smallest absolute Gasteiger partial charge is 0.232 e. The maximum Gasteiger partial charge on any atom is 0.232 e. The van der Waals surface area contributed by atoms with E-state index < -0.39 is 5.79 Å². The van der Waals surface area contributed by atoms with E-state index in [4.69, 9.17) is 37.4 Å². The number of fused-ring (bicyclic) bond motifs is 1. The standard InChI is InChI=1S/C18H21Cl2N3O3/c1-11-21-16-13(17(22-11)26-18(2,25-4)10-24-3)7-8-23(16)15-6-5-12(19)9-14(15)20/h5-6,9H,7-8,10H2,1-4H3. The monoisotopic (exact) mass is 397 g/mol. The molecule has 2 aromatic rings. The molecule has 0 saturated carbocycles. The highest BCUT2D eigenvalue weighted by atomic mass is 35.5. The average Bonchev–Trinajstić information content (AvgIpc) is 2.99. The van der Waals surface area contributed by atoms with Gasteiger partial charge in [-0.05, 0) is 31.5 Å². The van der Waals surface area contributed by atoms with E-state index in [0.717, 1.165) is 30.0 Å². The van der Waals surface area contributed by atoms with E-state index in [1.165, 1.54) is 0 Å². The van der Waals surface area contributed by atoms with Crippen LogP contribution >= 0.6 is 23.2 Å². The lowest BCUT2D eigenvalue weighted by Gasteiger charge is -2.28. The third kappa shape index (κ3) is 3.74. The molecule has 1 aliphatic heterocycles. The molecule has 1 atom stereocenters. The SMILES string of the molecule is COCC(C)(OC)Oc1nc(C)nc2c1CCN2c1ccc(Cl)cc1Cl. The van der Waals surface area contributed by atoms with Crippen molar-refractivity contribution in [3.05, 3.63) is 39.6 Å². The third-order valence-corrected chi connectivity index (χ3v) is 4.79. The number of aromatic nitrogens is 2. The Morgan fingerprint density at radius 2 is 2.00 bits per heavy atom. The molecule has 0 radical (unpaired) electrons. The van der Waals surface area contributed by atoms with Gasteiger partial charge in [-0.2, -0.15) is 4.98 Å². The van der Waals surface area contributed by atoms with Crippen molar-refractivity contribution in [3.63, 3.8) is 0 Å². The lowest BCUT2D eigenvalue weighted by Crippen LogP contribution is -2.40. The molecular weight excluding hydrogens is 377 g/mol. The van der Waals surface area contributed by atoms with E-state index in [0.29, 0.717) is 21.7 Å². The highest BCUT2D eigenvalue weighted by Gasteiger charge is 2.33. The summed E-state index contributed by atoms with van der Waals surface area (Å²) in [7, 11) is 3.17. The van der Waals surface area contributed by atoms with Gasteiger partial charge in [0.15, 0.2) is 0 Å². The fourth-order valence-corrected chi connectivity index (χ4v) is 3.45. The van der Waals surface area contributed by atoms with Crippen molar-refractivity contribution in [2.45, 2.75) is 26.1 Å². The van der Waals surface area contributed by atoms with Crippen LogP contribution in [0, 0.1) is 6.92 Å². The topological polar surface area (TPSA) is 56.7 Å². The Hall–Kier alpha value is -1.60. The molecule has 1 aliphatic rings. The van der Waals surface area contributed by atoms with Crippen LogP contribution in [0.2, 0.25) is 10.0 Å².